The molecule has 1 amide bonds. The molecule has 0 bridgehead atoms. The number of nitrogens with one attached hydrogen (secondary N) is 2. The van der Waals surface area contributed by atoms with Gasteiger partial charge in [-0.15, -0.1) is 0 Å². The van der Waals surface area contributed by atoms with Gasteiger partial charge in [-0.05, 0) is 55.9 Å². The summed E-state index contributed by atoms with van der Waals surface area (Å²) in [5.74, 6) is 1.29. The van der Waals surface area contributed by atoms with E-state index < -0.39 is 6.04 Å². The minimum atomic E-state index is -0.540. The first-order chi connectivity index (χ1) is 15.4. The third-order valence-electron chi connectivity index (χ3n) is 5.15. The van der Waals surface area contributed by atoms with Crippen molar-refractivity contribution in [2.45, 2.75) is 19.9 Å². The maximum absolute atomic E-state index is 13.4. The lowest BCUT2D eigenvalue weighted by Crippen LogP contribution is -2.48. The number of nitrogens with zero attached hydrogens (tertiary/aromatic N) is 2. The molecule has 1 aliphatic heterocycles. The first kappa shape index (κ1) is 21.4. The Kier molecular flexibility index (Phi) is 5.83. The van der Waals surface area contributed by atoms with Crippen molar-refractivity contribution in [2.24, 2.45) is 0 Å². The number of phenolic OH excluding ortho intramolecular Hbond substituents is 1. The molecule has 3 N–H and O–H groups in total. The Labute approximate surface area is 190 Å². The smallest absolute Gasteiger partial charge is 0.257 e. The molecule has 8 nitrogen and oxygen atoms in total. The molecule has 1 aliphatic rings. The SMILES string of the molecule is COc1ccccc1N1C(=S)N[C@H](c2ccc(O)cc2)C(C(=O)Nc2cc(C)on2)=C1C. The molecule has 164 valence electrons. The van der Waals surface area contributed by atoms with E-state index in [9.17, 15) is 9.90 Å². The van der Waals surface area contributed by atoms with Crippen LogP contribution in [0.5, 0.6) is 11.5 Å². The molecule has 2 heterocycles. The van der Waals surface area contributed by atoms with Gasteiger partial charge in [0.15, 0.2) is 10.9 Å². The van der Waals surface area contributed by atoms with E-state index in [4.69, 9.17) is 21.5 Å². The first-order valence-corrected chi connectivity index (χ1v) is 10.3. The van der Waals surface area contributed by atoms with E-state index in [0.717, 1.165) is 5.56 Å². The van der Waals surface area contributed by atoms with Gasteiger partial charge >= 0.3 is 0 Å². The number of hydrogen-bond acceptors (Lipinski definition) is 6. The Morgan fingerprint density at radius 3 is 2.59 bits per heavy atom. The van der Waals surface area contributed by atoms with Crippen LogP contribution in [-0.2, 0) is 4.79 Å². The second-order valence-electron chi connectivity index (χ2n) is 7.26. The lowest BCUT2D eigenvalue weighted by atomic mass is 9.94. The second kappa shape index (κ2) is 8.72. The molecule has 9 heteroatoms. The summed E-state index contributed by atoms with van der Waals surface area (Å²) in [5, 5.41) is 20.0. The number of thiocarbonyl (C=S) groups is 1. The molecule has 32 heavy (non-hydrogen) atoms. The molecule has 1 aromatic heterocycles. The van der Waals surface area contributed by atoms with Crippen LogP contribution >= 0.6 is 12.2 Å². The Morgan fingerprint density at radius 1 is 1.22 bits per heavy atom. The Morgan fingerprint density at radius 2 is 1.94 bits per heavy atom. The molecule has 3 aromatic rings. The van der Waals surface area contributed by atoms with E-state index in [2.05, 4.69) is 15.8 Å². The van der Waals surface area contributed by atoms with Gasteiger partial charge < -0.3 is 25.0 Å². The van der Waals surface area contributed by atoms with Gasteiger partial charge in [-0.3, -0.25) is 9.69 Å². The lowest BCUT2D eigenvalue weighted by molar-refractivity contribution is -0.113. The monoisotopic (exact) mass is 450 g/mol. The fourth-order valence-corrected chi connectivity index (χ4v) is 4.02. The zero-order valence-electron chi connectivity index (χ0n) is 17.7. The number of amides is 1. The normalized spacial score (nSPS) is 16.0. The average molecular weight is 451 g/mol. The number of benzene rings is 2. The average Bonchev–Trinajstić information content (AvgIpc) is 3.18. The van der Waals surface area contributed by atoms with Gasteiger partial charge in [0.1, 0.15) is 17.3 Å². The summed E-state index contributed by atoms with van der Waals surface area (Å²) in [6.07, 6.45) is 0. The highest BCUT2D eigenvalue weighted by atomic mass is 32.1. The number of phenols is 1. The predicted octanol–water partition coefficient (Wildman–Crippen LogP) is 4.05. The minimum absolute atomic E-state index is 0.132. The number of aromatic hydroxyl groups is 1. The minimum Gasteiger partial charge on any atom is -0.508 e. The number of methoxy groups -OCH3 is 1. The largest absolute Gasteiger partial charge is 0.508 e. The Balaban J connectivity index is 1.83. The number of carbonyl (C=O) groups excluding carboxylic acids is 1. The third-order valence-corrected chi connectivity index (χ3v) is 5.45. The van der Waals surface area contributed by atoms with Crippen LogP contribution in [0.1, 0.15) is 24.3 Å². The molecule has 0 radical (unpaired) electrons. The molecule has 0 aliphatic carbocycles. The first-order valence-electron chi connectivity index (χ1n) is 9.87. The topological polar surface area (TPSA) is 99.9 Å². The van der Waals surface area contributed by atoms with Gasteiger partial charge in [0.25, 0.3) is 5.91 Å². The zero-order chi connectivity index (χ0) is 22.8. The van der Waals surface area contributed by atoms with Gasteiger partial charge in [0, 0.05) is 11.8 Å². The van der Waals surface area contributed by atoms with Crippen molar-refractivity contribution in [3.63, 3.8) is 0 Å². The fourth-order valence-electron chi connectivity index (χ4n) is 3.67. The van der Waals surface area contributed by atoms with E-state index in [0.29, 0.717) is 39.4 Å². The van der Waals surface area contributed by atoms with Crippen molar-refractivity contribution < 1.29 is 19.2 Å². The summed E-state index contributed by atoms with van der Waals surface area (Å²) in [6.45, 7) is 3.58. The van der Waals surface area contributed by atoms with Crippen LogP contribution in [0, 0.1) is 6.92 Å². The molecule has 0 saturated carbocycles. The molecule has 0 spiro atoms. The van der Waals surface area contributed by atoms with Crippen LogP contribution in [0.2, 0.25) is 0 Å². The van der Waals surface area contributed by atoms with Crippen LogP contribution in [0.3, 0.4) is 0 Å². The lowest BCUT2D eigenvalue weighted by Gasteiger charge is -2.38. The number of rotatable bonds is 5. The summed E-state index contributed by atoms with van der Waals surface area (Å²) in [6, 6.07) is 15.2. The summed E-state index contributed by atoms with van der Waals surface area (Å²) in [5.41, 5.74) is 2.55. The van der Waals surface area contributed by atoms with Crippen molar-refractivity contribution in [1.82, 2.24) is 10.5 Å². The van der Waals surface area contributed by atoms with E-state index in [1.165, 1.54) is 0 Å². The number of carbonyl (C=O) groups is 1. The summed E-state index contributed by atoms with van der Waals surface area (Å²) in [7, 11) is 1.58. The maximum Gasteiger partial charge on any atom is 0.257 e. The van der Waals surface area contributed by atoms with Gasteiger partial charge in [-0.1, -0.05) is 29.4 Å². The van der Waals surface area contributed by atoms with Gasteiger partial charge in [0.05, 0.1) is 24.4 Å². The quantitative estimate of drug-likeness (QED) is 0.501. The summed E-state index contributed by atoms with van der Waals surface area (Å²) >= 11 is 5.69. The van der Waals surface area contributed by atoms with E-state index in [1.807, 2.05) is 31.2 Å². The third kappa shape index (κ3) is 4.02. The number of aryl methyl sites for hydroxylation is 1. The number of allylic oxidation sites excluding steroid dienone is 1. The Bertz CT molecular complexity index is 1200. The molecule has 0 saturated heterocycles. The van der Waals surface area contributed by atoms with Crippen molar-refractivity contribution in [2.75, 3.05) is 17.3 Å². The van der Waals surface area contributed by atoms with Crippen molar-refractivity contribution in [3.05, 3.63) is 77.2 Å². The zero-order valence-corrected chi connectivity index (χ0v) is 18.6. The molecule has 0 unspecified atom stereocenters. The molecule has 2 aromatic carbocycles. The highest BCUT2D eigenvalue weighted by Gasteiger charge is 2.35. The van der Waals surface area contributed by atoms with Crippen LogP contribution in [0.4, 0.5) is 11.5 Å². The summed E-state index contributed by atoms with van der Waals surface area (Å²) < 4.78 is 10.6. The van der Waals surface area contributed by atoms with E-state index in [1.54, 1.807) is 49.3 Å². The number of anilines is 2. The number of hydrogen-bond donors (Lipinski definition) is 3. The molecule has 0 fully saturated rings. The molecule has 4 rings (SSSR count). The van der Waals surface area contributed by atoms with Crippen molar-refractivity contribution >= 4 is 34.7 Å². The van der Waals surface area contributed by atoms with Gasteiger partial charge in [0.2, 0.25) is 0 Å². The molecular weight excluding hydrogens is 428 g/mol. The highest BCUT2D eigenvalue weighted by Crippen LogP contribution is 2.38. The van der Waals surface area contributed by atoms with E-state index in [-0.39, 0.29) is 11.7 Å². The maximum atomic E-state index is 13.4. The molecule has 1 atom stereocenters. The van der Waals surface area contributed by atoms with Crippen LogP contribution < -0.4 is 20.3 Å². The second-order valence-corrected chi connectivity index (χ2v) is 7.64. The van der Waals surface area contributed by atoms with Crippen molar-refractivity contribution in [3.8, 4) is 11.5 Å². The Hall–Kier alpha value is -3.85. The van der Waals surface area contributed by atoms with Gasteiger partial charge in [-0.25, -0.2) is 0 Å². The van der Waals surface area contributed by atoms with Crippen molar-refractivity contribution in [1.29, 1.82) is 0 Å². The van der Waals surface area contributed by atoms with E-state index >= 15 is 0 Å². The predicted molar refractivity (Wildman–Crippen MR) is 125 cm³/mol. The van der Waals surface area contributed by atoms with Crippen LogP contribution in [0.15, 0.2) is 70.4 Å². The van der Waals surface area contributed by atoms with Crippen LogP contribution in [-0.4, -0.2) is 28.4 Å². The number of ether oxygens (including phenoxy) is 1. The standard InChI is InChI=1S/C23H22N4O4S/c1-13-12-19(26-31-13)24-22(29)20-14(2)27(17-6-4-5-7-18(17)30-3)23(32)25-21(20)15-8-10-16(28)11-9-15/h4-12,21,28H,1-3H3,(H,25,32)(H,24,26,29)/t21-/m1/s1. The number of para-hydroxylation sites is 2. The summed E-state index contributed by atoms with van der Waals surface area (Å²) in [4.78, 5) is 15.2. The fraction of sp³-hybridized carbons (Fsp3) is 0.174. The van der Waals surface area contributed by atoms with Crippen LogP contribution in [0.25, 0.3) is 0 Å². The molecular formula is C23H22N4O4S. The highest BCUT2D eigenvalue weighted by molar-refractivity contribution is 7.80. The van der Waals surface area contributed by atoms with Gasteiger partial charge in [-0.2, -0.15) is 0 Å². The number of aromatic nitrogens is 1.